The smallest absolute Gasteiger partial charge is 0.123 e. The molecule has 0 aromatic heterocycles. The van der Waals surface area contributed by atoms with Crippen molar-refractivity contribution in [3.8, 4) is 0 Å². The number of anilines is 1. The number of benzene rings is 2. The maximum absolute atomic E-state index is 12.7. The van der Waals surface area contributed by atoms with Crippen LogP contribution in [0.25, 0.3) is 0 Å². The standard InChI is InChI=1S/C14H13FN2S/c1-18-14-8-2-11(3-9-14)10-16-17-13-6-4-12(15)5-7-13/h2-10,17H,1H3/b16-10-. The molecule has 0 amide bonds. The van der Waals surface area contributed by atoms with Crippen molar-refractivity contribution in [2.45, 2.75) is 4.90 Å². The van der Waals surface area contributed by atoms with Crippen LogP contribution < -0.4 is 5.43 Å². The first-order valence-electron chi connectivity index (χ1n) is 5.46. The largest absolute Gasteiger partial charge is 0.279 e. The first-order valence-corrected chi connectivity index (χ1v) is 6.69. The highest BCUT2D eigenvalue weighted by Gasteiger charge is 1.92. The molecule has 2 aromatic carbocycles. The summed E-state index contributed by atoms with van der Waals surface area (Å²) in [5.41, 5.74) is 4.62. The second kappa shape index (κ2) is 6.21. The molecular weight excluding hydrogens is 247 g/mol. The Labute approximate surface area is 110 Å². The molecule has 0 radical (unpaired) electrons. The Morgan fingerprint density at radius 3 is 2.33 bits per heavy atom. The fraction of sp³-hybridized carbons (Fsp3) is 0.0714. The minimum atomic E-state index is -0.253. The Bertz CT molecular complexity index is 520. The Morgan fingerprint density at radius 2 is 1.72 bits per heavy atom. The molecule has 2 rings (SSSR count). The van der Waals surface area contributed by atoms with Gasteiger partial charge in [0.15, 0.2) is 0 Å². The lowest BCUT2D eigenvalue weighted by Crippen LogP contribution is -1.90. The Hall–Kier alpha value is -1.81. The quantitative estimate of drug-likeness (QED) is 0.510. The molecule has 2 nitrogen and oxygen atoms in total. The van der Waals surface area contributed by atoms with Gasteiger partial charge in [0.1, 0.15) is 5.82 Å². The lowest BCUT2D eigenvalue weighted by Gasteiger charge is -2.00. The van der Waals surface area contributed by atoms with Crippen molar-refractivity contribution in [2.75, 3.05) is 11.7 Å². The predicted octanol–water partition coefficient (Wildman–Crippen LogP) is 3.99. The molecule has 0 bridgehead atoms. The Balaban J connectivity index is 1.96. The Kier molecular flexibility index (Phi) is 4.36. The van der Waals surface area contributed by atoms with Crippen LogP contribution in [0.3, 0.4) is 0 Å². The SMILES string of the molecule is CSc1ccc(/C=N\Nc2ccc(F)cc2)cc1. The average molecular weight is 260 g/mol. The molecular formula is C14H13FN2S. The van der Waals surface area contributed by atoms with Gasteiger partial charge < -0.3 is 0 Å². The zero-order chi connectivity index (χ0) is 12.8. The molecule has 0 saturated carbocycles. The molecule has 0 spiro atoms. The number of hydrazone groups is 1. The number of hydrogen-bond donors (Lipinski definition) is 1. The molecule has 92 valence electrons. The van der Waals surface area contributed by atoms with Crippen LogP contribution in [-0.4, -0.2) is 12.5 Å². The molecule has 0 heterocycles. The van der Waals surface area contributed by atoms with Crippen LogP contribution in [0, 0.1) is 5.82 Å². The third-order valence-electron chi connectivity index (χ3n) is 2.37. The van der Waals surface area contributed by atoms with E-state index in [-0.39, 0.29) is 5.82 Å². The van der Waals surface area contributed by atoms with Gasteiger partial charge in [-0.25, -0.2) is 4.39 Å². The number of nitrogens with one attached hydrogen (secondary N) is 1. The monoisotopic (exact) mass is 260 g/mol. The summed E-state index contributed by atoms with van der Waals surface area (Å²) < 4.78 is 12.7. The second-order valence-electron chi connectivity index (χ2n) is 3.65. The fourth-order valence-electron chi connectivity index (χ4n) is 1.40. The first-order chi connectivity index (χ1) is 8.78. The van der Waals surface area contributed by atoms with E-state index in [1.54, 1.807) is 30.1 Å². The van der Waals surface area contributed by atoms with Gasteiger partial charge in [0.2, 0.25) is 0 Å². The third kappa shape index (κ3) is 3.60. The summed E-state index contributed by atoms with van der Waals surface area (Å²) in [7, 11) is 0. The van der Waals surface area contributed by atoms with Gasteiger partial charge in [0, 0.05) is 4.90 Å². The van der Waals surface area contributed by atoms with Crippen molar-refractivity contribution in [2.24, 2.45) is 5.10 Å². The normalized spacial score (nSPS) is 10.8. The highest BCUT2D eigenvalue weighted by Crippen LogP contribution is 2.14. The van der Waals surface area contributed by atoms with Crippen LogP contribution in [0.15, 0.2) is 58.5 Å². The molecule has 18 heavy (non-hydrogen) atoms. The zero-order valence-corrected chi connectivity index (χ0v) is 10.7. The van der Waals surface area contributed by atoms with E-state index in [0.29, 0.717) is 0 Å². The maximum Gasteiger partial charge on any atom is 0.123 e. The van der Waals surface area contributed by atoms with E-state index in [4.69, 9.17) is 0 Å². The van der Waals surface area contributed by atoms with Crippen molar-refractivity contribution < 1.29 is 4.39 Å². The number of thioether (sulfide) groups is 1. The molecule has 4 heteroatoms. The first kappa shape index (κ1) is 12.6. The van der Waals surface area contributed by atoms with Crippen LogP contribution in [0.4, 0.5) is 10.1 Å². The van der Waals surface area contributed by atoms with E-state index < -0.39 is 0 Å². The lowest BCUT2D eigenvalue weighted by molar-refractivity contribution is 0.628. The zero-order valence-electron chi connectivity index (χ0n) is 9.93. The molecule has 1 N–H and O–H groups in total. The summed E-state index contributed by atoms with van der Waals surface area (Å²) in [5.74, 6) is -0.253. The van der Waals surface area contributed by atoms with Crippen molar-refractivity contribution in [3.05, 3.63) is 59.9 Å². The highest BCUT2D eigenvalue weighted by molar-refractivity contribution is 7.98. The van der Waals surface area contributed by atoms with Crippen molar-refractivity contribution in [3.63, 3.8) is 0 Å². The topological polar surface area (TPSA) is 24.4 Å². The van der Waals surface area contributed by atoms with Crippen LogP contribution in [-0.2, 0) is 0 Å². The molecule has 2 aromatic rings. The maximum atomic E-state index is 12.7. The minimum Gasteiger partial charge on any atom is -0.279 e. The van der Waals surface area contributed by atoms with Gasteiger partial charge in [-0.1, -0.05) is 12.1 Å². The summed E-state index contributed by atoms with van der Waals surface area (Å²) in [4.78, 5) is 1.22. The van der Waals surface area contributed by atoms with Crippen molar-refractivity contribution in [1.82, 2.24) is 0 Å². The number of halogens is 1. The molecule has 0 atom stereocenters. The van der Waals surface area contributed by atoms with Crippen LogP contribution in [0.1, 0.15) is 5.56 Å². The van der Waals surface area contributed by atoms with Crippen molar-refractivity contribution >= 4 is 23.7 Å². The fourth-order valence-corrected chi connectivity index (χ4v) is 1.80. The van der Waals surface area contributed by atoms with Gasteiger partial charge in [-0.15, -0.1) is 11.8 Å². The van der Waals surface area contributed by atoms with E-state index in [9.17, 15) is 4.39 Å². The van der Waals surface area contributed by atoms with Gasteiger partial charge in [0.25, 0.3) is 0 Å². The van der Waals surface area contributed by atoms with E-state index in [1.807, 2.05) is 30.5 Å². The highest BCUT2D eigenvalue weighted by atomic mass is 32.2. The summed E-state index contributed by atoms with van der Waals surface area (Å²) in [6.45, 7) is 0. The van der Waals surface area contributed by atoms with E-state index in [0.717, 1.165) is 11.3 Å². The summed E-state index contributed by atoms with van der Waals surface area (Å²) >= 11 is 1.70. The van der Waals surface area contributed by atoms with E-state index in [2.05, 4.69) is 10.5 Å². The molecule has 0 fully saturated rings. The number of rotatable bonds is 4. The average Bonchev–Trinajstić information content (AvgIpc) is 2.42. The second-order valence-corrected chi connectivity index (χ2v) is 4.53. The van der Waals surface area contributed by atoms with Gasteiger partial charge in [-0.2, -0.15) is 5.10 Å². The number of hydrogen-bond acceptors (Lipinski definition) is 3. The van der Waals surface area contributed by atoms with E-state index in [1.165, 1.54) is 17.0 Å². The Morgan fingerprint density at radius 1 is 1.06 bits per heavy atom. The summed E-state index contributed by atoms with van der Waals surface area (Å²) in [6, 6.07) is 14.2. The van der Waals surface area contributed by atoms with Gasteiger partial charge >= 0.3 is 0 Å². The molecule has 0 aliphatic carbocycles. The third-order valence-corrected chi connectivity index (χ3v) is 3.11. The molecule has 0 aliphatic rings. The van der Waals surface area contributed by atoms with E-state index >= 15 is 0 Å². The minimum absolute atomic E-state index is 0.253. The molecule has 0 saturated heterocycles. The van der Waals surface area contributed by atoms with Gasteiger partial charge in [-0.05, 0) is 48.2 Å². The molecule has 0 unspecified atom stereocenters. The van der Waals surface area contributed by atoms with Gasteiger partial charge in [-0.3, -0.25) is 5.43 Å². The lowest BCUT2D eigenvalue weighted by atomic mass is 10.2. The van der Waals surface area contributed by atoms with Gasteiger partial charge in [0.05, 0.1) is 11.9 Å². The summed E-state index contributed by atoms with van der Waals surface area (Å²) in [5, 5.41) is 4.09. The number of nitrogens with zero attached hydrogens (tertiary/aromatic N) is 1. The summed E-state index contributed by atoms with van der Waals surface area (Å²) in [6.07, 6.45) is 3.77. The van der Waals surface area contributed by atoms with Crippen LogP contribution in [0.2, 0.25) is 0 Å². The predicted molar refractivity (Wildman–Crippen MR) is 75.8 cm³/mol. The molecule has 0 aliphatic heterocycles. The van der Waals surface area contributed by atoms with Crippen molar-refractivity contribution in [1.29, 1.82) is 0 Å². The van der Waals surface area contributed by atoms with Crippen LogP contribution >= 0.6 is 11.8 Å². The van der Waals surface area contributed by atoms with Crippen LogP contribution in [0.5, 0.6) is 0 Å².